The smallest absolute Gasteiger partial charge is 0.251 e. The first-order valence-electron chi connectivity index (χ1n) is 15.7. The van der Waals surface area contributed by atoms with Gasteiger partial charge < -0.3 is 25.8 Å². The van der Waals surface area contributed by atoms with Crippen molar-refractivity contribution in [3.63, 3.8) is 0 Å². The van der Waals surface area contributed by atoms with Crippen LogP contribution in [-0.4, -0.2) is 72.9 Å². The van der Waals surface area contributed by atoms with Crippen LogP contribution in [0.4, 0.5) is 11.5 Å². The first-order valence-corrected chi connectivity index (χ1v) is 15.7. The highest BCUT2D eigenvalue weighted by Crippen LogP contribution is 2.38. The number of amides is 1. The third-order valence-corrected chi connectivity index (χ3v) is 8.94. The molecule has 240 valence electrons. The van der Waals surface area contributed by atoms with Gasteiger partial charge >= 0.3 is 0 Å². The van der Waals surface area contributed by atoms with Gasteiger partial charge in [0.2, 0.25) is 0 Å². The van der Waals surface area contributed by atoms with Crippen LogP contribution in [0.15, 0.2) is 79.3 Å². The van der Waals surface area contributed by atoms with Gasteiger partial charge in [0.05, 0.1) is 36.1 Å². The van der Waals surface area contributed by atoms with Crippen molar-refractivity contribution in [3.05, 3.63) is 102 Å². The van der Waals surface area contributed by atoms with E-state index < -0.39 is 0 Å². The molecule has 13 heteroatoms. The van der Waals surface area contributed by atoms with E-state index in [1.165, 1.54) is 18.2 Å². The number of nitrogen functional groups attached to an aromatic ring is 1. The molecule has 6 aromatic rings. The topological polar surface area (TPSA) is 166 Å². The molecular formula is C35H31N9O4. The zero-order chi connectivity index (χ0) is 32.8. The Kier molecular flexibility index (Phi) is 7.29. The molecular weight excluding hydrogens is 610 g/mol. The highest BCUT2D eigenvalue weighted by Gasteiger charge is 2.28. The molecule has 1 amide bonds. The SMILES string of the molecule is Nc1ncccc1-c1nc2c(N3CCOCC3)cc(-n3cccn3)nc2n1-c1ccc2c(c1)CC[C@@H]2NC(=O)c1ccc(O)c(C=O)c1. The van der Waals surface area contributed by atoms with Crippen molar-refractivity contribution in [3.8, 4) is 28.6 Å². The monoisotopic (exact) mass is 641 g/mol. The summed E-state index contributed by atoms with van der Waals surface area (Å²) in [5.74, 6) is 1.13. The number of benzene rings is 2. The molecule has 1 aliphatic carbocycles. The lowest BCUT2D eigenvalue weighted by Crippen LogP contribution is -2.36. The predicted octanol–water partition coefficient (Wildman–Crippen LogP) is 4.02. The van der Waals surface area contributed by atoms with E-state index in [1.807, 2.05) is 47.2 Å². The maximum Gasteiger partial charge on any atom is 0.251 e. The zero-order valence-electron chi connectivity index (χ0n) is 25.8. The van der Waals surface area contributed by atoms with Crippen molar-refractivity contribution < 1.29 is 19.4 Å². The maximum absolute atomic E-state index is 13.1. The number of aldehydes is 1. The first kappa shape index (κ1) is 29.3. The van der Waals surface area contributed by atoms with Gasteiger partial charge in [0.15, 0.2) is 23.6 Å². The number of rotatable bonds is 7. The number of aromatic hydroxyl groups is 1. The summed E-state index contributed by atoms with van der Waals surface area (Å²) in [5.41, 5.74) is 12.7. The van der Waals surface area contributed by atoms with Gasteiger partial charge in [-0.2, -0.15) is 5.10 Å². The number of phenolic OH excluding ortho intramolecular Hbond substituents is 1. The van der Waals surface area contributed by atoms with Crippen LogP contribution in [0.1, 0.15) is 44.3 Å². The van der Waals surface area contributed by atoms with Crippen LogP contribution >= 0.6 is 0 Å². The number of carbonyl (C=O) groups is 2. The molecule has 1 saturated heterocycles. The number of anilines is 2. The fraction of sp³-hybridized carbons (Fsp3) is 0.200. The third-order valence-electron chi connectivity index (χ3n) is 8.94. The Labute approximate surface area is 274 Å². The van der Waals surface area contributed by atoms with Crippen molar-refractivity contribution in [1.82, 2.24) is 34.6 Å². The number of pyridine rings is 2. The number of hydrogen-bond acceptors (Lipinski definition) is 10. The Balaban J connectivity index is 1.25. The summed E-state index contributed by atoms with van der Waals surface area (Å²) in [7, 11) is 0. The molecule has 13 nitrogen and oxygen atoms in total. The molecule has 4 aromatic heterocycles. The molecule has 4 N–H and O–H groups in total. The van der Waals surface area contributed by atoms with Gasteiger partial charge in [-0.15, -0.1) is 0 Å². The number of carbonyl (C=O) groups excluding carboxylic acids is 2. The van der Waals surface area contributed by atoms with Gasteiger partial charge in [-0.05, 0) is 72.5 Å². The molecule has 0 unspecified atom stereocenters. The van der Waals surface area contributed by atoms with Gasteiger partial charge in [0.1, 0.15) is 17.1 Å². The van der Waals surface area contributed by atoms with Crippen LogP contribution in [0, 0.1) is 0 Å². The summed E-state index contributed by atoms with van der Waals surface area (Å²) in [4.78, 5) is 41.4. The molecule has 1 fully saturated rings. The number of fused-ring (bicyclic) bond motifs is 2. The standard InChI is InChI=1S/C35H31N9O4/c36-32-26(3-1-10-37-32)33-41-31-28(42-13-15-48-16-14-42)19-30(43-12-2-11-38-43)40-34(31)44(33)24-6-7-25-21(18-24)4-8-27(25)39-35(47)22-5-9-29(46)23(17-22)20-45/h1-3,5-7,9-12,17-20,27,46H,4,8,13-16H2,(H2,36,37)(H,39,47)/t27-/m0/s1. The van der Waals surface area contributed by atoms with E-state index in [0.717, 1.165) is 34.4 Å². The lowest BCUT2D eigenvalue weighted by atomic mass is 10.1. The van der Waals surface area contributed by atoms with Gasteiger partial charge in [-0.3, -0.25) is 14.2 Å². The summed E-state index contributed by atoms with van der Waals surface area (Å²) in [6, 6.07) is 17.8. The van der Waals surface area contributed by atoms with Crippen LogP contribution in [0.5, 0.6) is 5.75 Å². The summed E-state index contributed by atoms with van der Waals surface area (Å²) in [5, 5.41) is 17.4. The summed E-state index contributed by atoms with van der Waals surface area (Å²) >= 11 is 0. The second-order valence-corrected chi connectivity index (χ2v) is 11.8. The van der Waals surface area contributed by atoms with Gasteiger partial charge in [-0.1, -0.05) is 6.07 Å². The van der Waals surface area contributed by atoms with Crippen molar-refractivity contribution in [2.24, 2.45) is 0 Å². The van der Waals surface area contributed by atoms with Gasteiger partial charge in [0.25, 0.3) is 5.91 Å². The highest BCUT2D eigenvalue weighted by molar-refractivity contribution is 5.97. The third kappa shape index (κ3) is 5.10. The fourth-order valence-corrected chi connectivity index (χ4v) is 6.54. The molecule has 2 aliphatic rings. The number of nitrogens with two attached hydrogens (primary N) is 1. The normalized spacial score (nSPS) is 15.8. The minimum atomic E-state index is -0.319. The number of nitrogens with zero attached hydrogens (tertiary/aromatic N) is 7. The molecule has 0 saturated carbocycles. The molecule has 0 bridgehead atoms. The number of aryl methyl sites for hydroxylation is 1. The Morgan fingerprint density at radius 2 is 1.92 bits per heavy atom. The summed E-state index contributed by atoms with van der Waals surface area (Å²) < 4.78 is 9.41. The average Bonchev–Trinajstić information content (AvgIpc) is 3.88. The van der Waals surface area contributed by atoms with Crippen LogP contribution in [0.3, 0.4) is 0 Å². The van der Waals surface area contributed by atoms with E-state index >= 15 is 0 Å². The number of aromatic nitrogens is 6. The maximum atomic E-state index is 13.1. The highest BCUT2D eigenvalue weighted by atomic mass is 16.5. The Hall–Kier alpha value is -6.08. The Bertz CT molecular complexity index is 2190. The number of nitrogens with one attached hydrogen (secondary N) is 1. The van der Waals surface area contributed by atoms with E-state index in [9.17, 15) is 14.7 Å². The van der Waals surface area contributed by atoms with E-state index in [0.29, 0.717) is 73.2 Å². The van der Waals surface area contributed by atoms with E-state index in [-0.39, 0.29) is 23.3 Å². The number of phenols is 1. The predicted molar refractivity (Wildman–Crippen MR) is 179 cm³/mol. The second kappa shape index (κ2) is 11.9. The molecule has 2 aromatic carbocycles. The zero-order valence-corrected chi connectivity index (χ0v) is 25.8. The molecule has 0 radical (unpaired) electrons. The number of morpholine rings is 1. The molecule has 0 spiro atoms. The van der Waals surface area contributed by atoms with Crippen molar-refractivity contribution in [1.29, 1.82) is 0 Å². The summed E-state index contributed by atoms with van der Waals surface area (Å²) in [6.45, 7) is 2.64. The number of ether oxygens (including phenoxy) is 1. The summed E-state index contributed by atoms with van der Waals surface area (Å²) in [6.07, 6.45) is 7.21. The van der Waals surface area contributed by atoms with Crippen LogP contribution < -0.4 is 16.0 Å². The van der Waals surface area contributed by atoms with Gasteiger partial charge in [0, 0.05) is 49.0 Å². The molecule has 48 heavy (non-hydrogen) atoms. The average molecular weight is 642 g/mol. The van der Waals surface area contributed by atoms with Crippen molar-refractivity contribution in [2.75, 3.05) is 36.9 Å². The van der Waals surface area contributed by atoms with Crippen LogP contribution in [0.25, 0.3) is 34.1 Å². The minimum absolute atomic E-state index is 0.0674. The first-order chi connectivity index (χ1) is 23.5. The lowest BCUT2D eigenvalue weighted by Gasteiger charge is -2.29. The largest absolute Gasteiger partial charge is 0.507 e. The van der Waals surface area contributed by atoms with E-state index in [1.54, 1.807) is 17.1 Å². The Morgan fingerprint density at radius 3 is 2.71 bits per heavy atom. The van der Waals surface area contributed by atoms with Crippen molar-refractivity contribution >= 4 is 34.9 Å². The van der Waals surface area contributed by atoms with Crippen LogP contribution in [-0.2, 0) is 11.2 Å². The number of hydrogen-bond donors (Lipinski definition) is 3. The van der Waals surface area contributed by atoms with E-state index in [2.05, 4.69) is 26.4 Å². The quantitative estimate of drug-likeness (QED) is 0.217. The van der Waals surface area contributed by atoms with Crippen LogP contribution in [0.2, 0.25) is 0 Å². The lowest BCUT2D eigenvalue weighted by molar-refractivity contribution is 0.0936. The molecule has 5 heterocycles. The molecule has 1 atom stereocenters. The Morgan fingerprint density at radius 1 is 1.04 bits per heavy atom. The van der Waals surface area contributed by atoms with Gasteiger partial charge in [-0.25, -0.2) is 19.6 Å². The second-order valence-electron chi connectivity index (χ2n) is 11.8. The van der Waals surface area contributed by atoms with E-state index in [4.69, 9.17) is 20.4 Å². The fourth-order valence-electron chi connectivity index (χ4n) is 6.54. The molecule has 8 rings (SSSR count). The minimum Gasteiger partial charge on any atom is -0.507 e. The number of imidazole rings is 1. The van der Waals surface area contributed by atoms with Crippen molar-refractivity contribution in [2.45, 2.75) is 18.9 Å². The molecule has 1 aliphatic heterocycles.